The van der Waals surface area contributed by atoms with Gasteiger partial charge < -0.3 is 10.1 Å². The first-order chi connectivity index (χ1) is 8.87. The van der Waals surface area contributed by atoms with Crippen LogP contribution in [-0.2, 0) is 4.74 Å². The van der Waals surface area contributed by atoms with Gasteiger partial charge in [0.15, 0.2) is 0 Å². The van der Waals surface area contributed by atoms with Gasteiger partial charge >= 0.3 is 6.18 Å². The highest BCUT2D eigenvalue weighted by Gasteiger charge is 2.27. The Labute approximate surface area is 114 Å². The van der Waals surface area contributed by atoms with Gasteiger partial charge in [-0.25, -0.2) is 0 Å². The molecular formula is C14H26F3NO. The number of ether oxygens (including phenoxy) is 1. The van der Waals surface area contributed by atoms with Gasteiger partial charge in [-0.3, -0.25) is 0 Å². The molecule has 114 valence electrons. The van der Waals surface area contributed by atoms with Crippen molar-refractivity contribution in [3.63, 3.8) is 0 Å². The molecule has 0 aromatic carbocycles. The van der Waals surface area contributed by atoms with E-state index in [2.05, 4.69) is 23.9 Å². The normalized spacial score (nSPS) is 18.0. The Morgan fingerprint density at radius 3 is 2.47 bits per heavy atom. The van der Waals surface area contributed by atoms with E-state index in [1.807, 2.05) is 0 Å². The summed E-state index contributed by atoms with van der Waals surface area (Å²) in [5.41, 5.74) is 0. The zero-order valence-corrected chi connectivity index (χ0v) is 11.9. The average molecular weight is 281 g/mol. The van der Waals surface area contributed by atoms with Gasteiger partial charge in [-0.2, -0.15) is 13.2 Å². The minimum Gasteiger partial charge on any atom is -0.372 e. The summed E-state index contributed by atoms with van der Waals surface area (Å²) in [5, 5.41) is 3.51. The largest absolute Gasteiger partial charge is 0.411 e. The van der Waals surface area contributed by atoms with Gasteiger partial charge in [0, 0.05) is 12.6 Å². The summed E-state index contributed by atoms with van der Waals surface area (Å²) in [6, 6.07) is 0.691. The number of rotatable bonds is 10. The van der Waals surface area contributed by atoms with E-state index in [9.17, 15) is 13.2 Å². The van der Waals surface area contributed by atoms with Crippen molar-refractivity contribution in [1.82, 2.24) is 5.32 Å². The molecule has 0 aliphatic heterocycles. The van der Waals surface area contributed by atoms with E-state index in [1.165, 1.54) is 12.8 Å². The summed E-state index contributed by atoms with van der Waals surface area (Å²) >= 11 is 0. The molecule has 0 saturated heterocycles. The molecule has 5 heteroatoms. The lowest BCUT2D eigenvalue weighted by atomic mass is 9.93. The van der Waals surface area contributed by atoms with Gasteiger partial charge in [0.25, 0.3) is 0 Å². The van der Waals surface area contributed by atoms with Crippen LogP contribution >= 0.6 is 0 Å². The summed E-state index contributed by atoms with van der Waals surface area (Å²) in [6.07, 6.45) is 1.10. The molecule has 0 aromatic heterocycles. The molecule has 0 heterocycles. The molecule has 0 amide bonds. The van der Waals surface area contributed by atoms with E-state index >= 15 is 0 Å². The summed E-state index contributed by atoms with van der Waals surface area (Å²) < 4.78 is 40.3. The molecular weight excluding hydrogens is 255 g/mol. The fourth-order valence-corrected chi connectivity index (χ4v) is 2.25. The van der Waals surface area contributed by atoms with Crippen molar-refractivity contribution in [2.24, 2.45) is 11.8 Å². The van der Waals surface area contributed by atoms with Crippen LogP contribution < -0.4 is 5.32 Å². The Kier molecular flexibility index (Phi) is 7.15. The molecule has 19 heavy (non-hydrogen) atoms. The minimum atomic E-state index is -4.20. The van der Waals surface area contributed by atoms with Gasteiger partial charge in [-0.1, -0.05) is 13.8 Å². The first-order valence-corrected chi connectivity index (χ1v) is 7.24. The van der Waals surface area contributed by atoms with Crippen molar-refractivity contribution >= 4 is 0 Å². The molecule has 1 fully saturated rings. The van der Waals surface area contributed by atoms with E-state index in [4.69, 9.17) is 0 Å². The Morgan fingerprint density at radius 2 is 1.95 bits per heavy atom. The Bertz CT molecular complexity index is 239. The number of halogens is 3. The molecule has 1 saturated carbocycles. The summed E-state index contributed by atoms with van der Waals surface area (Å²) in [7, 11) is 0. The third kappa shape index (κ3) is 10.2. The number of alkyl halides is 3. The quantitative estimate of drug-likeness (QED) is 0.616. The van der Waals surface area contributed by atoms with Crippen LogP contribution in [0.3, 0.4) is 0 Å². The molecule has 2 nitrogen and oxygen atoms in total. The predicted molar refractivity (Wildman–Crippen MR) is 70.1 cm³/mol. The van der Waals surface area contributed by atoms with Crippen LogP contribution in [0.4, 0.5) is 13.2 Å². The second kappa shape index (κ2) is 8.10. The monoisotopic (exact) mass is 281 g/mol. The highest BCUT2D eigenvalue weighted by molar-refractivity contribution is 4.82. The molecule has 1 atom stereocenters. The fourth-order valence-electron chi connectivity index (χ4n) is 2.25. The molecule has 0 radical (unpaired) electrons. The maximum atomic E-state index is 11.9. The Balaban J connectivity index is 2.08. The number of hydrogen-bond donors (Lipinski definition) is 1. The molecule has 1 rings (SSSR count). The first-order valence-electron chi connectivity index (χ1n) is 7.24. The highest BCUT2D eigenvalue weighted by atomic mass is 19.4. The zero-order chi connectivity index (χ0) is 14.3. The summed E-state index contributed by atoms with van der Waals surface area (Å²) in [4.78, 5) is 0. The van der Waals surface area contributed by atoms with Crippen LogP contribution in [-0.4, -0.2) is 32.0 Å². The summed E-state index contributed by atoms with van der Waals surface area (Å²) in [6.45, 7) is 4.44. The lowest BCUT2D eigenvalue weighted by Crippen LogP contribution is -2.26. The van der Waals surface area contributed by atoms with Crippen LogP contribution in [0, 0.1) is 11.8 Å². The van der Waals surface area contributed by atoms with Crippen molar-refractivity contribution in [1.29, 1.82) is 0 Å². The SMILES string of the molecule is CC(C)CC(CCCOCC(F)(F)F)CNC1CC1. The topological polar surface area (TPSA) is 21.3 Å². The van der Waals surface area contributed by atoms with E-state index in [1.54, 1.807) is 0 Å². The second-order valence-corrected chi connectivity index (χ2v) is 5.99. The molecule has 1 aliphatic carbocycles. The molecule has 1 unspecified atom stereocenters. The van der Waals surface area contributed by atoms with Crippen LogP contribution in [0.15, 0.2) is 0 Å². The molecule has 1 aliphatic rings. The maximum absolute atomic E-state index is 11.9. The zero-order valence-electron chi connectivity index (χ0n) is 11.9. The van der Waals surface area contributed by atoms with Crippen LogP contribution in [0.2, 0.25) is 0 Å². The highest BCUT2D eigenvalue weighted by Crippen LogP contribution is 2.22. The number of hydrogen-bond acceptors (Lipinski definition) is 2. The van der Waals surface area contributed by atoms with Gasteiger partial charge in [-0.05, 0) is 50.5 Å². The van der Waals surface area contributed by atoms with Gasteiger partial charge in [0.1, 0.15) is 6.61 Å². The fraction of sp³-hybridized carbons (Fsp3) is 1.00. The van der Waals surface area contributed by atoms with Crippen LogP contribution in [0.25, 0.3) is 0 Å². The third-order valence-corrected chi connectivity index (χ3v) is 3.24. The lowest BCUT2D eigenvalue weighted by molar-refractivity contribution is -0.174. The molecule has 0 bridgehead atoms. The van der Waals surface area contributed by atoms with Gasteiger partial charge in [0.2, 0.25) is 0 Å². The minimum absolute atomic E-state index is 0.206. The first kappa shape index (κ1) is 16.8. The van der Waals surface area contributed by atoms with E-state index < -0.39 is 12.8 Å². The maximum Gasteiger partial charge on any atom is 0.411 e. The summed E-state index contributed by atoms with van der Waals surface area (Å²) in [5.74, 6) is 1.18. The second-order valence-electron chi connectivity index (χ2n) is 5.99. The van der Waals surface area contributed by atoms with Crippen molar-refractivity contribution in [3.05, 3.63) is 0 Å². The van der Waals surface area contributed by atoms with Crippen molar-refractivity contribution in [2.45, 2.75) is 58.2 Å². The van der Waals surface area contributed by atoms with Crippen molar-refractivity contribution in [3.8, 4) is 0 Å². The van der Waals surface area contributed by atoms with E-state index in [-0.39, 0.29) is 6.61 Å². The third-order valence-electron chi connectivity index (χ3n) is 3.24. The lowest BCUT2D eigenvalue weighted by Gasteiger charge is -2.19. The van der Waals surface area contributed by atoms with Crippen molar-refractivity contribution < 1.29 is 17.9 Å². The molecule has 1 N–H and O–H groups in total. The Morgan fingerprint density at radius 1 is 1.26 bits per heavy atom. The smallest absolute Gasteiger partial charge is 0.372 e. The van der Waals surface area contributed by atoms with Crippen LogP contribution in [0.5, 0.6) is 0 Å². The van der Waals surface area contributed by atoms with E-state index in [0.717, 1.165) is 19.4 Å². The molecule has 0 aromatic rings. The average Bonchev–Trinajstić information content (AvgIpc) is 3.06. The van der Waals surface area contributed by atoms with E-state index in [0.29, 0.717) is 24.3 Å². The molecule has 0 spiro atoms. The van der Waals surface area contributed by atoms with Crippen LogP contribution in [0.1, 0.15) is 46.0 Å². The van der Waals surface area contributed by atoms with Gasteiger partial charge in [-0.15, -0.1) is 0 Å². The van der Waals surface area contributed by atoms with Gasteiger partial charge in [0.05, 0.1) is 0 Å². The number of nitrogens with one attached hydrogen (secondary N) is 1. The standard InChI is InChI=1S/C14H26F3NO/c1-11(2)8-12(9-18-13-5-6-13)4-3-7-19-10-14(15,16)17/h11-13,18H,3-10H2,1-2H3. The Hall–Kier alpha value is -0.290. The van der Waals surface area contributed by atoms with Crippen molar-refractivity contribution in [2.75, 3.05) is 19.8 Å². The predicted octanol–water partition coefficient (Wildman–Crippen LogP) is 3.76.